The fourth-order valence-electron chi connectivity index (χ4n) is 2.06. The van der Waals surface area contributed by atoms with E-state index in [1.54, 1.807) is 14.2 Å². The first-order valence-corrected chi connectivity index (χ1v) is 6.67. The third-order valence-corrected chi connectivity index (χ3v) is 3.28. The molecule has 0 aliphatic rings. The van der Waals surface area contributed by atoms with Crippen LogP contribution in [0.15, 0.2) is 48.5 Å². The number of ether oxygens (including phenoxy) is 2. The fraction of sp³-hybridized carbons (Fsp3) is 0.294. The van der Waals surface area contributed by atoms with Gasteiger partial charge in [-0.05, 0) is 12.1 Å². The van der Waals surface area contributed by atoms with Crippen LogP contribution in [-0.4, -0.2) is 14.2 Å². The van der Waals surface area contributed by atoms with Crippen molar-refractivity contribution in [2.45, 2.75) is 19.5 Å². The number of hydrogen-bond acceptors (Lipinski definition) is 2. The summed E-state index contributed by atoms with van der Waals surface area (Å²) in [5, 5.41) is 4.70. The molecule has 0 spiro atoms. The topological polar surface area (TPSA) is 32.6 Å². The first-order chi connectivity index (χ1) is 9.74. The molecule has 4 heteroatoms. The molecule has 21 heavy (non-hydrogen) atoms. The molecule has 0 fully saturated rings. The Morgan fingerprint density at radius 2 is 1.62 bits per heavy atom. The number of nitrogens with zero attached hydrogens (tertiary/aromatic N) is 1. The Bertz CT molecular complexity index is 546. The first-order valence-electron chi connectivity index (χ1n) is 6.67. The summed E-state index contributed by atoms with van der Waals surface area (Å²) >= 11 is 0. The Morgan fingerprint density at radius 3 is 2.24 bits per heavy atom. The van der Waals surface area contributed by atoms with Gasteiger partial charge in [-0.15, -0.1) is 12.6 Å². The Morgan fingerprint density at radius 1 is 0.952 bits per heavy atom. The molecule has 106 valence electrons. The van der Waals surface area contributed by atoms with E-state index in [1.807, 2.05) is 36.4 Å². The van der Waals surface area contributed by atoms with Gasteiger partial charge in [0, 0.05) is 0 Å². The third-order valence-electron chi connectivity index (χ3n) is 3.28. The van der Waals surface area contributed by atoms with Crippen molar-refractivity contribution in [3.05, 3.63) is 65.0 Å². The molecule has 0 bridgehead atoms. The summed E-state index contributed by atoms with van der Waals surface area (Å²) < 4.78 is 10.5. The largest absolute Gasteiger partial charge is 1.00 e. The zero-order chi connectivity index (χ0) is 14.4. The molecule has 2 rings (SSSR count). The molecule has 2 aromatic rings. The van der Waals surface area contributed by atoms with Gasteiger partial charge in [-0.2, -0.15) is 0 Å². The maximum absolute atomic E-state index is 5.30. The quantitative estimate of drug-likeness (QED) is 0.747. The van der Waals surface area contributed by atoms with Gasteiger partial charge in [-0.3, -0.25) is 0 Å². The summed E-state index contributed by atoms with van der Waals surface area (Å²) in [6, 6.07) is 16.4. The predicted molar refractivity (Wildman–Crippen MR) is 81.5 cm³/mol. The van der Waals surface area contributed by atoms with Crippen molar-refractivity contribution in [3.8, 4) is 11.5 Å². The van der Waals surface area contributed by atoms with Crippen molar-refractivity contribution in [1.82, 2.24) is 0 Å². The molecule has 0 amide bonds. The molecule has 0 heterocycles. The Hall–Kier alpha value is -1.40. The van der Waals surface area contributed by atoms with E-state index in [-0.39, 0.29) is 24.9 Å². The normalized spacial score (nSPS) is 11.4. The van der Waals surface area contributed by atoms with Gasteiger partial charge in [0.15, 0.2) is 11.5 Å². The van der Waals surface area contributed by atoms with Crippen molar-refractivity contribution in [2.24, 2.45) is 0 Å². The van der Waals surface area contributed by atoms with Gasteiger partial charge in [0.1, 0.15) is 0 Å². The molecule has 0 aliphatic heterocycles. The average molecular weight is 277 g/mol. The SMILES string of the molecule is COc1ccc(C[N-][C@@H](C)c2ccccc2)cc1OC.[Li+]. The van der Waals surface area contributed by atoms with Crippen LogP contribution in [0, 0.1) is 0 Å². The van der Waals surface area contributed by atoms with Gasteiger partial charge in [0.2, 0.25) is 0 Å². The van der Waals surface area contributed by atoms with Crippen molar-refractivity contribution in [1.29, 1.82) is 0 Å². The number of rotatable bonds is 6. The second-order valence-corrected chi connectivity index (χ2v) is 4.62. The van der Waals surface area contributed by atoms with E-state index in [0.717, 1.165) is 17.1 Å². The van der Waals surface area contributed by atoms with Crippen LogP contribution in [-0.2, 0) is 6.54 Å². The molecule has 0 aromatic heterocycles. The van der Waals surface area contributed by atoms with E-state index in [1.165, 1.54) is 5.56 Å². The molecule has 0 unspecified atom stereocenters. The fourth-order valence-corrected chi connectivity index (χ4v) is 2.06. The monoisotopic (exact) mass is 277 g/mol. The van der Waals surface area contributed by atoms with Crippen molar-refractivity contribution in [3.63, 3.8) is 0 Å². The Balaban J connectivity index is 0.00000220. The van der Waals surface area contributed by atoms with Crippen LogP contribution < -0.4 is 28.3 Å². The van der Waals surface area contributed by atoms with Gasteiger partial charge in [-0.1, -0.05) is 54.4 Å². The second kappa shape index (κ2) is 8.79. The van der Waals surface area contributed by atoms with E-state index in [4.69, 9.17) is 14.8 Å². The predicted octanol–water partition coefficient (Wildman–Crippen LogP) is 1.34. The Labute approximate surface area is 138 Å². The summed E-state index contributed by atoms with van der Waals surface area (Å²) in [7, 11) is 3.28. The van der Waals surface area contributed by atoms with Crippen LogP contribution in [0.4, 0.5) is 0 Å². The first kappa shape index (κ1) is 17.6. The van der Waals surface area contributed by atoms with Crippen LogP contribution >= 0.6 is 0 Å². The van der Waals surface area contributed by atoms with E-state index in [0.29, 0.717) is 6.54 Å². The average Bonchev–Trinajstić information content (AvgIpc) is 2.53. The summed E-state index contributed by atoms with van der Waals surface area (Å²) in [5.74, 6) is 1.49. The minimum atomic E-state index is 0. The van der Waals surface area contributed by atoms with Crippen molar-refractivity contribution in [2.75, 3.05) is 14.2 Å². The third kappa shape index (κ3) is 4.82. The molecular weight excluding hydrogens is 257 g/mol. The minimum absolute atomic E-state index is 0. The van der Waals surface area contributed by atoms with Gasteiger partial charge in [0.05, 0.1) is 14.2 Å². The van der Waals surface area contributed by atoms with Gasteiger partial charge in [0.25, 0.3) is 0 Å². The molecular formula is C17H20LiNO2. The molecule has 1 atom stereocenters. The second-order valence-electron chi connectivity index (χ2n) is 4.62. The van der Waals surface area contributed by atoms with Crippen LogP contribution in [0.25, 0.3) is 5.32 Å². The smallest absolute Gasteiger partial charge is 0.652 e. The molecule has 2 aromatic carbocycles. The minimum Gasteiger partial charge on any atom is -0.652 e. The van der Waals surface area contributed by atoms with E-state index in [2.05, 4.69) is 19.1 Å². The molecule has 3 nitrogen and oxygen atoms in total. The van der Waals surface area contributed by atoms with Crippen LogP contribution in [0.3, 0.4) is 0 Å². The van der Waals surface area contributed by atoms with Crippen LogP contribution in [0.2, 0.25) is 0 Å². The molecule has 0 saturated carbocycles. The maximum atomic E-state index is 5.30. The van der Waals surface area contributed by atoms with Gasteiger partial charge >= 0.3 is 18.9 Å². The number of benzene rings is 2. The van der Waals surface area contributed by atoms with Crippen LogP contribution in [0.5, 0.6) is 11.5 Å². The molecule has 0 aliphatic carbocycles. The van der Waals surface area contributed by atoms with Gasteiger partial charge in [-0.25, -0.2) is 0 Å². The molecule has 0 N–H and O–H groups in total. The Kier molecular flexibility index (Phi) is 7.39. The summed E-state index contributed by atoms with van der Waals surface area (Å²) in [6.07, 6.45) is 0. The van der Waals surface area contributed by atoms with Crippen LogP contribution in [0.1, 0.15) is 24.1 Å². The standard InChI is InChI=1S/C17H20NO2.Li/c1-13(15-7-5-4-6-8-15)18-12-14-9-10-16(19-2)17(11-14)20-3;/h4-11,13H,12H2,1-3H3;/q-1;+1/t13-;/m0./s1. The molecule has 0 radical (unpaired) electrons. The van der Waals surface area contributed by atoms with Gasteiger partial charge < -0.3 is 14.8 Å². The van der Waals surface area contributed by atoms with Crippen molar-refractivity contribution < 1.29 is 28.3 Å². The summed E-state index contributed by atoms with van der Waals surface area (Å²) in [5.41, 5.74) is 2.35. The zero-order valence-corrected chi connectivity index (χ0v) is 13.2. The number of methoxy groups -OCH3 is 2. The molecule has 0 saturated heterocycles. The van der Waals surface area contributed by atoms with Crippen molar-refractivity contribution >= 4 is 0 Å². The summed E-state index contributed by atoms with van der Waals surface area (Å²) in [6.45, 7) is 2.77. The van der Waals surface area contributed by atoms with E-state index >= 15 is 0 Å². The number of hydrogen-bond donors (Lipinski definition) is 0. The van der Waals surface area contributed by atoms with E-state index < -0.39 is 0 Å². The maximum Gasteiger partial charge on any atom is 1.00 e. The zero-order valence-electron chi connectivity index (χ0n) is 13.2. The summed E-state index contributed by atoms with van der Waals surface area (Å²) in [4.78, 5) is 0. The van der Waals surface area contributed by atoms with E-state index in [9.17, 15) is 0 Å².